The Bertz CT molecular complexity index is 932. The van der Waals surface area contributed by atoms with E-state index in [1.54, 1.807) is 0 Å². The molecule has 2 nitrogen and oxygen atoms in total. The normalized spacial score (nSPS) is 13.7. The van der Waals surface area contributed by atoms with Gasteiger partial charge in [-0.3, -0.25) is 4.79 Å². The van der Waals surface area contributed by atoms with Crippen LogP contribution in [0.25, 0.3) is 10.9 Å². The third-order valence-corrected chi connectivity index (χ3v) is 5.06. The number of Topliss-reactive ketones (excluding diaryl/α,β-unsaturated/α-hetero) is 1. The van der Waals surface area contributed by atoms with Crippen molar-refractivity contribution in [1.29, 1.82) is 0 Å². The fourth-order valence-electron chi connectivity index (χ4n) is 3.54. The van der Waals surface area contributed by atoms with Gasteiger partial charge in [0.05, 0.1) is 0 Å². The number of benzene rings is 2. The first kappa shape index (κ1) is 15.3. The lowest BCUT2D eigenvalue weighted by atomic mass is 9.90. The molecule has 1 aliphatic carbocycles. The van der Waals surface area contributed by atoms with Crippen molar-refractivity contribution in [2.75, 3.05) is 0 Å². The van der Waals surface area contributed by atoms with Gasteiger partial charge in [-0.05, 0) is 61.1 Å². The Morgan fingerprint density at radius 1 is 1.00 bits per heavy atom. The van der Waals surface area contributed by atoms with Gasteiger partial charge in [0.1, 0.15) is 0 Å². The number of carbonyl (C=O) groups is 1. The SMILES string of the molecule is O=C(C[n+]1cccc2cc(Cl)ccc21)c1ccc2c(c1)CCCC2. The van der Waals surface area contributed by atoms with Crippen LogP contribution in [-0.2, 0) is 19.4 Å². The number of ketones is 1. The molecule has 4 rings (SSSR count). The zero-order valence-electron chi connectivity index (χ0n) is 13.5. The molecule has 3 heteroatoms. The Morgan fingerprint density at radius 2 is 1.83 bits per heavy atom. The van der Waals surface area contributed by atoms with Crippen molar-refractivity contribution in [3.8, 4) is 0 Å². The molecule has 2 aromatic carbocycles. The van der Waals surface area contributed by atoms with E-state index < -0.39 is 0 Å². The summed E-state index contributed by atoms with van der Waals surface area (Å²) >= 11 is 6.06. The number of hydrogen-bond donors (Lipinski definition) is 0. The molecule has 24 heavy (non-hydrogen) atoms. The van der Waals surface area contributed by atoms with E-state index in [9.17, 15) is 4.79 Å². The zero-order valence-corrected chi connectivity index (χ0v) is 14.2. The molecule has 1 aliphatic rings. The quantitative estimate of drug-likeness (QED) is 0.508. The summed E-state index contributed by atoms with van der Waals surface area (Å²) in [5, 5.41) is 1.75. The van der Waals surface area contributed by atoms with Gasteiger partial charge in [0.15, 0.2) is 6.20 Å². The van der Waals surface area contributed by atoms with Crippen molar-refractivity contribution in [3.63, 3.8) is 0 Å². The summed E-state index contributed by atoms with van der Waals surface area (Å²) in [6.45, 7) is 0.345. The van der Waals surface area contributed by atoms with E-state index in [4.69, 9.17) is 11.6 Å². The van der Waals surface area contributed by atoms with Crippen LogP contribution in [0.5, 0.6) is 0 Å². The third kappa shape index (κ3) is 2.94. The van der Waals surface area contributed by atoms with E-state index in [-0.39, 0.29) is 5.78 Å². The minimum absolute atomic E-state index is 0.149. The number of halogens is 1. The lowest BCUT2D eigenvalue weighted by molar-refractivity contribution is -0.657. The van der Waals surface area contributed by atoms with Gasteiger partial charge in [-0.1, -0.05) is 23.7 Å². The summed E-state index contributed by atoms with van der Waals surface area (Å²) in [6, 6.07) is 15.9. The first-order valence-electron chi connectivity index (χ1n) is 8.43. The van der Waals surface area contributed by atoms with Gasteiger partial charge in [0, 0.05) is 28.1 Å². The molecule has 0 fully saturated rings. The molecular weight excluding hydrogens is 318 g/mol. The number of pyridine rings is 1. The molecule has 120 valence electrons. The van der Waals surface area contributed by atoms with Crippen LogP contribution >= 0.6 is 11.6 Å². The molecule has 0 unspecified atom stereocenters. The second kappa shape index (κ2) is 6.37. The minimum atomic E-state index is 0.149. The Morgan fingerprint density at radius 3 is 2.71 bits per heavy atom. The summed E-state index contributed by atoms with van der Waals surface area (Å²) in [6.07, 6.45) is 6.67. The smallest absolute Gasteiger partial charge is 0.227 e. The first-order chi connectivity index (χ1) is 11.7. The molecule has 0 radical (unpaired) electrons. The van der Waals surface area contributed by atoms with Crippen LogP contribution < -0.4 is 4.57 Å². The molecular formula is C21H19ClNO+. The average Bonchev–Trinajstić information content (AvgIpc) is 2.61. The number of nitrogens with zero attached hydrogens (tertiary/aromatic N) is 1. The lowest BCUT2D eigenvalue weighted by Crippen LogP contribution is -2.38. The highest BCUT2D eigenvalue weighted by Gasteiger charge is 2.17. The maximum atomic E-state index is 12.8. The van der Waals surface area contributed by atoms with Crippen LogP contribution in [0.3, 0.4) is 0 Å². The van der Waals surface area contributed by atoms with Crippen molar-refractivity contribution in [3.05, 3.63) is 76.4 Å². The molecule has 1 aromatic heterocycles. The van der Waals surface area contributed by atoms with Crippen LogP contribution in [0.15, 0.2) is 54.7 Å². The molecule has 0 atom stereocenters. The average molecular weight is 337 g/mol. The molecule has 0 aliphatic heterocycles. The highest BCUT2D eigenvalue weighted by atomic mass is 35.5. The zero-order chi connectivity index (χ0) is 16.5. The van der Waals surface area contributed by atoms with Crippen LogP contribution in [0.4, 0.5) is 0 Å². The first-order valence-corrected chi connectivity index (χ1v) is 8.81. The Labute approximate surface area is 146 Å². The maximum Gasteiger partial charge on any atom is 0.227 e. The summed E-state index contributed by atoms with van der Waals surface area (Å²) in [7, 11) is 0. The van der Waals surface area contributed by atoms with Crippen molar-refractivity contribution >= 4 is 28.3 Å². The van der Waals surface area contributed by atoms with Crippen molar-refractivity contribution in [2.45, 2.75) is 32.2 Å². The molecule has 0 amide bonds. The molecule has 0 saturated heterocycles. The monoisotopic (exact) mass is 336 g/mol. The van der Waals surface area contributed by atoms with E-state index in [1.165, 1.54) is 24.0 Å². The van der Waals surface area contributed by atoms with Gasteiger partial charge in [-0.25, -0.2) is 0 Å². The Balaban J connectivity index is 1.65. The largest absolute Gasteiger partial charge is 0.287 e. The van der Waals surface area contributed by atoms with Gasteiger partial charge in [0.25, 0.3) is 0 Å². The molecule has 0 spiro atoms. The van der Waals surface area contributed by atoms with Crippen LogP contribution in [0.1, 0.15) is 34.3 Å². The van der Waals surface area contributed by atoms with Crippen molar-refractivity contribution < 1.29 is 9.36 Å². The molecule has 3 aromatic rings. The number of fused-ring (bicyclic) bond motifs is 2. The van der Waals surface area contributed by atoms with E-state index in [0.29, 0.717) is 11.6 Å². The van der Waals surface area contributed by atoms with Crippen molar-refractivity contribution in [2.24, 2.45) is 0 Å². The maximum absolute atomic E-state index is 12.8. The highest BCUT2D eigenvalue weighted by molar-refractivity contribution is 6.31. The molecule has 1 heterocycles. The van der Waals surface area contributed by atoms with Crippen LogP contribution in [0, 0.1) is 0 Å². The Hall–Kier alpha value is -2.19. The van der Waals surface area contributed by atoms with Gasteiger partial charge >= 0.3 is 0 Å². The van der Waals surface area contributed by atoms with Gasteiger partial charge in [-0.15, -0.1) is 0 Å². The second-order valence-electron chi connectivity index (χ2n) is 6.45. The fourth-order valence-corrected chi connectivity index (χ4v) is 3.72. The van der Waals surface area contributed by atoms with E-state index >= 15 is 0 Å². The van der Waals surface area contributed by atoms with E-state index in [0.717, 1.165) is 29.3 Å². The molecule has 0 bridgehead atoms. The number of aromatic nitrogens is 1. The summed E-state index contributed by atoms with van der Waals surface area (Å²) < 4.78 is 1.99. The number of aryl methyl sites for hydroxylation is 2. The fraction of sp³-hybridized carbons (Fsp3) is 0.238. The number of hydrogen-bond acceptors (Lipinski definition) is 1. The van der Waals surface area contributed by atoms with Gasteiger partial charge < -0.3 is 0 Å². The lowest BCUT2D eigenvalue weighted by Gasteiger charge is -2.15. The summed E-state index contributed by atoms with van der Waals surface area (Å²) in [4.78, 5) is 12.8. The molecule has 0 N–H and O–H groups in total. The van der Waals surface area contributed by atoms with Gasteiger partial charge in [0.2, 0.25) is 17.8 Å². The number of rotatable bonds is 3. The van der Waals surface area contributed by atoms with E-state index in [1.807, 2.05) is 47.2 Å². The topological polar surface area (TPSA) is 20.9 Å². The Kier molecular flexibility index (Phi) is 4.07. The van der Waals surface area contributed by atoms with Crippen LogP contribution in [-0.4, -0.2) is 5.78 Å². The minimum Gasteiger partial charge on any atom is -0.287 e. The third-order valence-electron chi connectivity index (χ3n) is 4.83. The predicted octanol–water partition coefficient (Wildman–Crippen LogP) is 4.54. The van der Waals surface area contributed by atoms with Crippen LogP contribution in [0.2, 0.25) is 5.02 Å². The second-order valence-corrected chi connectivity index (χ2v) is 6.89. The summed E-state index contributed by atoms with van der Waals surface area (Å²) in [5.74, 6) is 0.149. The standard InChI is InChI=1S/C21H19ClNO/c22-19-9-10-20-17(13-19)6-3-11-23(20)14-21(24)18-8-7-15-4-1-2-5-16(15)12-18/h3,6-13H,1-2,4-5,14H2/q+1. The van der Waals surface area contributed by atoms with E-state index in [2.05, 4.69) is 12.1 Å². The number of carbonyl (C=O) groups excluding carboxylic acids is 1. The molecule has 0 saturated carbocycles. The predicted molar refractivity (Wildman–Crippen MR) is 96.6 cm³/mol. The van der Waals surface area contributed by atoms with Crippen molar-refractivity contribution in [1.82, 2.24) is 0 Å². The van der Waals surface area contributed by atoms with Gasteiger partial charge in [-0.2, -0.15) is 4.57 Å². The summed E-state index contributed by atoms with van der Waals surface area (Å²) in [5.41, 5.74) is 4.59. The highest BCUT2D eigenvalue weighted by Crippen LogP contribution is 2.22.